The van der Waals surface area contributed by atoms with E-state index >= 15 is 0 Å². The lowest BCUT2D eigenvalue weighted by atomic mass is 10.00. The van der Waals surface area contributed by atoms with Gasteiger partial charge in [0.1, 0.15) is 5.75 Å². The largest absolute Gasteiger partial charge is 0.493 e. The number of hydrogen-bond donors (Lipinski definition) is 2. The first kappa shape index (κ1) is 14.6. The van der Waals surface area contributed by atoms with E-state index in [1.165, 1.54) is 17.3 Å². The van der Waals surface area contributed by atoms with Crippen molar-refractivity contribution in [2.24, 2.45) is 5.73 Å². The number of nitrogens with one attached hydrogen (secondary N) is 1. The molecule has 0 spiro atoms. The van der Waals surface area contributed by atoms with Crippen molar-refractivity contribution in [2.45, 2.75) is 20.3 Å². The molecule has 1 aromatic carbocycles. The average molecular weight is 264 g/mol. The van der Waals surface area contributed by atoms with E-state index < -0.39 is 0 Å². The highest BCUT2D eigenvalue weighted by Gasteiger charge is 2.13. The number of ether oxygens (including phenoxy) is 1. The van der Waals surface area contributed by atoms with Gasteiger partial charge in [-0.3, -0.25) is 5.41 Å². The van der Waals surface area contributed by atoms with Crippen molar-refractivity contribution in [3.8, 4) is 5.75 Å². The Labute approximate surface area is 113 Å². The van der Waals surface area contributed by atoms with E-state index in [4.69, 9.17) is 15.9 Å². The fourth-order valence-electron chi connectivity index (χ4n) is 1.71. The Bertz CT molecular complexity index is 430. The minimum atomic E-state index is 0.164. The quantitative estimate of drug-likeness (QED) is 0.635. The number of rotatable bonds is 2. The Kier molecular flexibility index (Phi) is 6.36. The van der Waals surface area contributed by atoms with Gasteiger partial charge in [0.25, 0.3) is 0 Å². The van der Waals surface area contributed by atoms with E-state index in [0.717, 1.165) is 30.1 Å². The van der Waals surface area contributed by atoms with Crippen LogP contribution in [0.25, 0.3) is 5.57 Å². The predicted octanol–water partition coefficient (Wildman–Crippen LogP) is 3.51. The van der Waals surface area contributed by atoms with Crippen LogP contribution in [0, 0.1) is 5.41 Å². The summed E-state index contributed by atoms with van der Waals surface area (Å²) in [6.07, 6.45) is 3.06. The Hall–Kier alpha value is -1.42. The van der Waals surface area contributed by atoms with Gasteiger partial charge in [0.2, 0.25) is 0 Å². The van der Waals surface area contributed by atoms with Crippen LogP contribution in [0.15, 0.2) is 30.3 Å². The molecule has 4 heteroatoms. The third kappa shape index (κ3) is 4.11. The summed E-state index contributed by atoms with van der Waals surface area (Å²) in [6.45, 7) is 4.73. The molecule has 2 rings (SSSR count). The molecular weight excluding hydrogens is 244 g/mol. The number of hydrogen-bond acceptors (Lipinski definition) is 3. The number of thioether (sulfide) groups is 1. The minimum absolute atomic E-state index is 0.164. The first-order valence-electron chi connectivity index (χ1n) is 6.15. The Morgan fingerprint density at radius 1 is 1.44 bits per heavy atom. The summed E-state index contributed by atoms with van der Waals surface area (Å²) in [5.74, 6) is 1.70. The van der Waals surface area contributed by atoms with Crippen molar-refractivity contribution in [1.29, 1.82) is 5.41 Å². The number of benzene rings is 1. The molecule has 0 fully saturated rings. The average Bonchev–Trinajstić information content (AvgIpc) is 2.41. The maximum absolute atomic E-state index is 7.14. The molecule has 1 aromatic rings. The predicted molar refractivity (Wildman–Crippen MR) is 80.3 cm³/mol. The van der Waals surface area contributed by atoms with E-state index in [1.54, 1.807) is 0 Å². The van der Waals surface area contributed by atoms with Gasteiger partial charge in [-0.15, -0.1) is 0 Å². The topological polar surface area (TPSA) is 59.1 Å². The van der Waals surface area contributed by atoms with Gasteiger partial charge in [0, 0.05) is 17.7 Å². The summed E-state index contributed by atoms with van der Waals surface area (Å²) in [6, 6.07) is 8.05. The Morgan fingerprint density at radius 3 is 2.89 bits per heavy atom. The zero-order chi connectivity index (χ0) is 13.4. The van der Waals surface area contributed by atoms with E-state index in [0.29, 0.717) is 0 Å². The smallest absolute Gasteiger partial charge is 0.151 e. The van der Waals surface area contributed by atoms with Crippen LogP contribution >= 0.6 is 11.8 Å². The van der Waals surface area contributed by atoms with Crippen LogP contribution in [0.1, 0.15) is 25.8 Å². The summed E-state index contributed by atoms with van der Waals surface area (Å²) < 4.78 is 5.57. The van der Waals surface area contributed by atoms with Gasteiger partial charge in [-0.2, -0.15) is 0 Å². The lowest BCUT2D eigenvalue weighted by molar-refractivity contribution is 0.316. The Morgan fingerprint density at radius 2 is 2.17 bits per heavy atom. The molecule has 98 valence electrons. The monoisotopic (exact) mass is 264 g/mol. The molecule has 3 nitrogen and oxygen atoms in total. The molecule has 1 heterocycles. The van der Waals surface area contributed by atoms with E-state index in [2.05, 4.69) is 12.1 Å². The second-order valence-electron chi connectivity index (χ2n) is 3.50. The molecule has 1 aliphatic heterocycles. The van der Waals surface area contributed by atoms with Crippen molar-refractivity contribution in [1.82, 2.24) is 0 Å². The maximum Gasteiger partial charge on any atom is 0.151 e. The van der Waals surface area contributed by atoms with Gasteiger partial charge in [0.05, 0.1) is 6.61 Å². The van der Waals surface area contributed by atoms with Crippen LogP contribution < -0.4 is 10.5 Å². The number of fused-ring (bicyclic) bond motifs is 1. The molecule has 3 N–H and O–H groups in total. The van der Waals surface area contributed by atoms with Gasteiger partial charge < -0.3 is 10.5 Å². The van der Waals surface area contributed by atoms with Gasteiger partial charge in [-0.25, -0.2) is 0 Å². The fourth-order valence-corrected chi connectivity index (χ4v) is 2.17. The molecule has 0 unspecified atom stereocenters. The van der Waals surface area contributed by atoms with Crippen LogP contribution in [0.2, 0.25) is 0 Å². The fraction of sp³-hybridized carbons (Fsp3) is 0.357. The molecular formula is C14H20N2OS. The van der Waals surface area contributed by atoms with Crippen molar-refractivity contribution in [3.63, 3.8) is 0 Å². The van der Waals surface area contributed by atoms with E-state index in [1.807, 2.05) is 32.0 Å². The Balaban J connectivity index is 0.000000771. The first-order chi connectivity index (χ1) is 8.77. The standard InChI is InChI=1S/C12H14N2OS.C2H6/c13-12(14)16-8-6-9-5-7-15-11-4-2-1-3-10(9)11;1-2/h1-4,6H,5,7-8H2,(H3,13,14);1-2H3/b9-6+;. The summed E-state index contributed by atoms with van der Waals surface area (Å²) >= 11 is 1.34. The van der Waals surface area contributed by atoms with Crippen molar-refractivity contribution >= 4 is 22.5 Å². The first-order valence-corrected chi connectivity index (χ1v) is 7.14. The van der Waals surface area contributed by atoms with Crippen molar-refractivity contribution in [3.05, 3.63) is 35.9 Å². The molecule has 18 heavy (non-hydrogen) atoms. The molecule has 0 radical (unpaired) electrons. The molecule has 0 bridgehead atoms. The normalized spacial score (nSPS) is 15.1. The van der Waals surface area contributed by atoms with Gasteiger partial charge >= 0.3 is 0 Å². The van der Waals surface area contributed by atoms with Gasteiger partial charge in [-0.1, -0.05) is 49.9 Å². The molecule has 0 saturated heterocycles. The number of para-hydroxylation sites is 1. The van der Waals surface area contributed by atoms with Crippen molar-refractivity contribution in [2.75, 3.05) is 12.4 Å². The molecule has 0 saturated carbocycles. The lowest BCUT2D eigenvalue weighted by Gasteiger charge is -2.19. The highest BCUT2D eigenvalue weighted by molar-refractivity contribution is 8.13. The summed E-state index contributed by atoms with van der Waals surface area (Å²) in [7, 11) is 0. The van der Waals surface area contributed by atoms with Crippen LogP contribution in [-0.4, -0.2) is 17.5 Å². The zero-order valence-corrected chi connectivity index (χ0v) is 11.7. The minimum Gasteiger partial charge on any atom is -0.493 e. The van der Waals surface area contributed by atoms with Gasteiger partial charge in [0.15, 0.2) is 5.17 Å². The zero-order valence-electron chi connectivity index (χ0n) is 10.9. The second kappa shape index (κ2) is 7.82. The van der Waals surface area contributed by atoms with Crippen LogP contribution in [0.4, 0.5) is 0 Å². The summed E-state index contributed by atoms with van der Waals surface area (Å²) in [5.41, 5.74) is 7.75. The third-order valence-electron chi connectivity index (χ3n) is 2.43. The summed E-state index contributed by atoms with van der Waals surface area (Å²) in [4.78, 5) is 0. The van der Waals surface area contributed by atoms with Crippen LogP contribution in [0.3, 0.4) is 0 Å². The van der Waals surface area contributed by atoms with Crippen LogP contribution in [-0.2, 0) is 0 Å². The number of amidine groups is 1. The molecule has 0 aromatic heterocycles. The van der Waals surface area contributed by atoms with Crippen LogP contribution in [0.5, 0.6) is 5.75 Å². The second-order valence-corrected chi connectivity index (χ2v) is 4.56. The SMILES string of the molecule is CC.N=C(N)SC/C=C1\CCOc2ccccc21. The van der Waals surface area contributed by atoms with Gasteiger partial charge in [-0.05, 0) is 11.6 Å². The lowest BCUT2D eigenvalue weighted by Crippen LogP contribution is -2.08. The molecule has 0 atom stereocenters. The molecule has 0 aliphatic carbocycles. The van der Waals surface area contributed by atoms with E-state index in [-0.39, 0.29) is 5.17 Å². The molecule has 0 amide bonds. The summed E-state index contributed by atoms with van der Waals surface area (Å²) in [5, 5.41) is 7.31. The van der Waals surface area contributed by atoms with Crippen molar-refractivity contribution < 1.29 is 4.74 Å². The molecule has 1 aliphatic rings. The van der Waals surface area contributed by atoms with E-state index in [9.17, 15) is 0 Å². The highest BCUT2D eigenvalue weighted by atomic mass is 32.2. The highest BCUT2D eigenvalue weighted by Crippen LogP contribution is 2.32. The maximum atomic E-state index is 7.14. The number of nitrogens with two attached hydrogens (primary N) is 1. The third-order valence-corrected chi connectivity index (χ3v) is 3.07.